The van der Waals surface area contributed by atoms with Crippen molar-refractivity contribution in [3.8, 4) is 11.5 Å². The van der Waals surface area contributed by atoms with Crippen molar-refractivity contribution < 1.29 is 14.6 Å². The van der Waals surface area contributed by atoms with Crippen LogP contribution in [0.2, 0.25) is 5.02 Å². The zero-order chi connectivity index (χ0) is 18.8. The Bertz CT molecular complexity index is 828. The van der Waals surface area contributed by atoms with Crippen LogP contribution in [-0.4, -0.2) is 42.9 Å². The number of aromatic hydroxyl groups is 1. The fourth-order valence-corrected chi connectivity index (χ4v) is 4.46. The van der Waals surface area contributed by atoms with E-state index in [1.807, 2.05) is 42.1 Å². The van der Waals surface area contributed by atoms with Crippen LogP contribution in [0.1, 0.15) is 16.5 Å². The molecular formula is C19H21ClN2O3S. The normalized spacial score (nSPS) is 16.8. The Morgan fingerprint density at radius 1 is 1.31 bits per heavy atom. The number of anilines is 1. The number of benzene rings is 2. The second-order valence-electron chi connectivity index (χ2n) is 6.29. The van der Waals surface area contributed by atoms with Gasteiger partial charge in [-0.1, -0.05) is 23.7 Å². The summed E-state index contributed by atoms with van der Waals surface area (Å²) in [6, 6.07) is 11.0. The molecule has 1 amide bonds. The van der Waals surface area contributed by atoms with Crippen molar-refractivity contribution in [1.29, 1.82) is 0 Å². The van der Waals surface area contributed by atoms with Gasteiger partial charge in [-0.15, -0.1) is 11.8 Å². The van der Waals surface area contributed by atoms with Gasteiger partial charge in [-0.3, -0.25) is 4.79 Å². The van der Waals surface area contributed by atoms with Crippen molar-refractivity contribution in [3.05, 3.63) is 52.5 Å². The van der Waals surface area contributed by atoms with E-state index in [1.54, 1.807) is 30.0 Å². The Kier molecular flexibility index (Phi) is 5.53. The number of ether oxygens (including phenoxy) is 1. The van der Waals surface area contributed by atoms with Crippen LogP contribution >= 0.6 is 23.4 Å². The molecule has 26 heavy (non-hydrogen) atoms. The highest BCUT2D eigenvalue weighted by atomic mass is 35.5. The summed E-state index contributed by atoms with van der Waals surface area (Å²) in [6.07, 6.45) is 0. The molecule has 3 rings (SSSR count). The van der Waals surface area contributed by atoms with Crippen LogP contribution in [0.25, 0.3) is 0 Å². The molecular weight excluding hydrogens is 372 g/mol. The minimum atomic E-state index is -0.133. The largest absolute Gasteiger partial charge is 0.504 e. The van der Waals surface area contributed by atoms with Crippen molar-refractivity contribution in [2.24, 2.45) is 0 Å². The maximum absolute atomic E-state index is 12.4. The zero-order valence-corrected chi connectivity index (χ0v) is 16.5. The standard InChI is InChI=1S/C19H21ClN2O3S/c1-21(2)13-5-6-14(15(20)9-13)19-22(18(24)11-26-19)10-12-4-7-16(23)17(8-12)25-3/h4-9,19,23H,10-11H2,1-3H3. The fraction of sp³-hybridized carbons (Fsp3) is 0.316. The number of carbonyl (C=O) groups excluding carboxylic acids is 1. The lowest BCUT2D eigenvalue weighted by molar-refractivity contribution is -0.128. The number of hydrogen-bond acceptors (Lipinski definition) is 5. The molecule has 1 aliphatic heterocycles. The molecule has 0 radical (unpaired) electrons. The van der Waals surface area contributed by atoms with Gasteiger partial charge in [0.2, 0.25) is 5.91 Å². The lowest BCUT2D eigenvalue weighted by Gasteiger charge is -2.26. The summed E-state index contributed by atoms with van der Waals surface area (Å²) >= 11 is 8.08. The smallest absolute Gasteiger partial charge is 0.234 e. The average Bonchev–Trinajstić information content (AvgIpc) is 2.97. The van der Waals surface area contributed by atoms with Gasteiger partial charge in [0.15, 0.2) is 11.5 Å². The Balaban J connectivity index is 1.88. The van der Waals surface area contributed by atoms with Gasteiger partial charge in [-0.2, -0.15) is 0 Å². The van der Waals surface area contributed by atoms with E-state index >= 15 is 0 Å². The van der Waals surface area contributed by atoms with E-state index in [1.165, 1.54) is 7.11 Å². The van der Waals surface area contributed by atoms with Gasteiger partial charge < -0.3 is 19.6 Å². The molecule has 0 aliphatic carbocycles. The zero-order valence-electron chi connectivity index (χ0n) is 14.9. The van der Waals surface area contributed by atoms with Crippen molar-refractivity contribution in [2.75, 3.05) is 31.9 Å². The summed E-state index contributed by atoms with van der Waals surface area (Å²) in [7, 11) is 5.43. The molecule has 1 heterocycles. The number of hydrogen-bond donors (Lipinski definition) is 1. The first-order chi connectivity index (χ1) is 12.4. The summed E-state index contributed by atoms with van der Waals surface area (Å²) in [5.41, 5.74) is 2.84. The SMILES string of the molecule is COc1cc(CN2C(=O)CSC2c2ccc(N(C)C)cc2Cl)ccc1O. The van der Waals surface area contributed by atoms with Gasteiger partial charge in [-0.25, -0.2) is 0 Å². The third-order valence-electron chi connectivity index (χ3n) is 4.33. The van der Waals surface area contributed by atoms with Crippen LogP contribution in [0.3, 0.4) is 0 Å². The molecule has 1 fully saturated rings. The average molecular weight is 393 g/mol. The molecule has 1 saturated heterocycles. The minimum Gasteiger partial charge on any atom is -0.504 e. The molecule has 1 unspecified atom stereocenters. The molecule has 2 aromatic rings. The lowest BCUT2D eigenvalue weighted by atomic mass is 10.1. The number of phenols is 1. The first kappa shape index (κ1) is 18.7. The van der Waals surface area contributed by atoms with Crippen LogP contribution in [0, 0.1) is 0 Å². The Hall–Kier alpha value is -2.05. The monoisotopic (exact) mass is 392 g/mol. The van der Waals surface area contributed by atoms with Crippen LogP contribution in [0.5, 0.6) is 11.5 Å². The maximum atomic E-state index is 12.4. The van der Waals surface area contributed by atoms with E-state index in [2.05, 4.69) is 0 Å². The second kappa shape index (κ2) is 7.68. The summed E-state index contributed by atoms with van der Waals surface area (Å²) in [5.74, 6) is 0.967. The van der Waals surface area contributed by atoms with Crippen molar-refractivity contribution in [1.82, 2.24) is 4.90 Å². The molecule has 1 atom stereocenters. The fourth-order valence-electron chi connectivity index (χ4n) is 2.89. The predicted molar refractivity (Wildman–Crippen MR) is 106 cm³/mol. The molecule has 1 N–H and O–H groups in total. The number of halogens is 1. The maximum Gasteiger partial charge on any atom is 0.234 e. The van der Waals surface area contributed by atoms with Gasteiger partial charge in [0.05, 0.1) is 12.9 Å². The van der Waals surface area contributed by atoms with E-state index < -0.39 is 0 Å². The Morgan fingerprint density at radius 2 is 2.08 bits per heavy atom. The predicted octanol–water partition coefficient (Wildman–Crippen LogP) is 3.89. The second-order valence-corrected chi connectivity index (χ2v) is 7.77. The Labute approximate surface area is 162 Å². The molecule has 0 saturated carbocycles. The molecule has 0 spiro atoms. The highest BCUT2D eigenvalue weighted by Gasteiger charge is 2.34. The molecule has 0 aromatic heterocycles. The van der Waals surface area contributed by atoms with Crippen molar-refractivity contribution in [3.63, 3.8) is 0 Å². The summed E-state index contributed by atoms with van der Waals surface area (Å²) < 4.78 is 5.16. The topological polar surface area (TPSA) is 53.0 Å². The number of rotatable bonds is 5. The number of carbonyl (C=O) groups is 1. The third kappa shape index (κ3) is 3.71. The van der Waals surface area contributed by atoms with E-state index in [9.17, 15) is 9.90 Å². The number of phenolic OH excluding ortho intramolecular Hbond substituents is 1. The molecule has 138 valence electrons. The molecule has 2 aromatic carbocycles. The first-order valence-electron chi connectivity index (χ1n) is 8.14. The van der Waals surface area contributed by atoms with Gasteiger partial charge >= 0.3 is 0 Å². The van der Waals surface area contributed by atoms with E-state index in [0.717, 1.165) is 16.8 Å². The molecule has 0 bridgehead atoms. The highest BCUT2D eigenvalue weighted by Crippen LogP contribution is 2.43. The van der Waals surface area contributed by atoms with E-state index in [0.29, 0.717) is 23.1 Å². The quantitative estimate of drug-likeness (QED) is 0.836. The number of methoxy groups -OCH3 is 1. The number of amides is 1. The summed E-state index contributed by atoms with van der Waals surface area (Å²) in [6.45, 7) is 0.429. The van der Waals surface area contributed by atoms with Gasteiger partial charge in [0, 0.05) is 36.9 Å². The Morgan fingerprint density at radius 3 is 2.73 bits per heavy atom. The summed E-state index contributed by atoms with van der Waals surface area (Å²) in [4.78, 5) is 16.2. The van der Waals surface area contributed by atoms with E-state index in [-0.39, 0.29) is 17.0 Å². The summed E-state index contributed by atoms with van der Waals surface area (Å²) in [5, 5.41) is 10.3. The molecule has 7 heteroatoms. The number of nitrogens with zero attached hydrogens (tertiary/aromatic N) is 2. The van der Waals surface area contributed by atoms with Crippen LogP contribution < -0.4 is 9.64 Å². The molecule has 1 aliphatic rings. The van der Waals surface area contributed by atoms with Gasteiger partial charge in [-0.05, 0) is 29.8 Å². The number of thioether (sulfide) groups is 1. The lowest BCUT2D eigenvalue weighted by Crippen LogP contribution is -2.27. The van der Waals surface area contributed by atoms with Crippen molar-refractivity contribution >= 4 is 35.0 Å². The van der Waals surface area contributed by atoms with Crippen LogP contribution in [0.4, 0.5) is 5.69 Å². The van der Waals surface area contributed by atoms with Crippen LogP contribution in [0.15, 0.2) is 36.4 Å². The van der Waals surface area contributed by atoms with Gasteiger partial charge in [0.25, 0.3) is 0 Å². The highest BCUT2D eigenvalue weighted by molar-refractivity contribution is 8.00. The van der Waals surface area contributed by atoms with Crippen molar-refractivity contribution in [2.45, 2.75) is 11.9 Å². The third-order valence-corrected chi connectivity index (χ3v) is 5.90. The first-order valence-corrected chi connectivity index (χ1v) is 9.57. The van der Waals surface area contributed by atoms with E-state index in [4.69, 9.17) is 16.3 Å². The van der Waals surface area contributed by atoms with Gasteiger partial charge in [0.1, 0.15) is 5.37 Å². The molecule has 5 nitrogen and oxygen atoms in total. The minimum absolute atomic E-state index is 0.0693. The van der Waals surface area contributed by atoms with Crippen LogP contribution in [-0.2, 0) is 11.3 Å².